The van der Waals surface area contributed by atoms with Crippen LogP contribution in [-0.4, -0.2) is 34.2 Å². The molecule has 2 N–H and O–H groups in total. The van der Waals surface area contributed by atoms with E-state index in [9.17, 15) is 13.2 Å². The minimum absolute atomic E-state index is 0.00123. The van der Waals surface area contributed by atoms with E-state index < -0.39 is 16.0 Å². The van der Waals surface area contributed by atoms with Gasteiger partial charge in [-0.1, -0.05) is 12.1 Å². The van der Waals surface area contributed by atoms with Crippen molar-refractivity contribution in [2.24, 2.45) is 0 Å². The van der Waals surface area contributed by atoms with Gasteiger partial charge in [0.2, 0.25) is 0 Å². The van der Waals surface area contributed by atoms with Crippen LogP contribution in [0.5, 0.6) is 11.5 Å². The second-order valence-electron chi connectivity index (χ2n) is 5.99. The van der Waals surface area contributed by atoms with Crippen LogP contribution >= 0.6 is 0 Å². The van der Waals surface area contributed by atoms with Crippen LogP contribution in [0, 0.1) is 11.3 Å². The molecule has 0 bridgehead atoms. The number of hydrogen-bond acceptors (Lipinski definition) is 8. The van der Waals surface area contributed by atoms with Gasteiger partial charge < -0.3 is 19.5 Å². The van der Waals surface area contributed by atoms with Crippen LogP contribution in [0.15, 0.2) is 59.1 Å². The van der Waals surface area contributed by atoms with Gasteiger partial charge in [-0.15, -0.1) is 0 Å². The summed E-state index contributed by atoms with van der Waals surface area (Å²) in [5.41, 5.74) is 0.321. The fourth-order valence-electron chi connectivity index (χ4n) is 2.59. The SMILES string of the molecule is CCOC(=O)/C(C#N)=C\Nc1ccccc1NS(=O)(=O)c1ccc2c(c1)OCCO2. The number of sulfonamides is 1. The first kappa shape index (κ1) is 21.0. The van der Waals surface area contributed by atoms with Crippen molar-refractivity contribution in [2.45, 2.75) is 11.8 Å². The van der Waals surface area contributed by atoms with Gasteiger partial charge in [-0.3, -0.25) is 4.72 Å². The Morgan fingerprint density at radius 2 is 1.87 bits per heavy atom. The number of nitrogens with zero attached hydrogens (tertiary/aromatic N) is 1. The number of ether oxygens (including phenoxy) is 3. The number of nitrogens with one attached hydrogen (secondary N) is 2. The van der Waals surface area contributed by atoms with Crippen molar-refractivity contribution < 1.29 is 27.4 Å². The highest BCUT2D eigenvalue weighted by Crippen LogP contribution is 2.33. The van der Waals surface area contributed by atoms with Gasteiger partial charge in [-0.2, -0.15) is 5.26 Å². The lowest BCUT2D eigenvalue weighted by molar-refractivity contribution is -0.138. The Balaban J connectivity index is 1.84. The summed E-state index contributed by atoms with van der Waals surface area (Å²) in [6.45, 7) is 2.50. The zero-order valence-corrected chi connectivity index (χ0v) is 16.9. The third-order valence-corrected chi connectivity index (χ3v) is 5.35. The van der Waals surface area contributed by atoms with Crippen LogP contribution in [0.4, 0.5) is 11.4 Å². The third kappa shape index (κ3) is 4.82. The summed E-state index contributed by atoms with van der Waals surface area (Å²) in [7, 11) is -3.94. The van der Waals surface area contributed by atoms with Crippen molar-refractivity contribution in [1.82, 2.24) is 0 Å². The smallest absolute Gasteiger partial charge is 0.350 e. The lowest BCUT2D eigenvalue weighted by atomic mass is 10.2. The van der Waals surface area contributed by atoms with Gasteiger partial charge in [0.15, 0.2) is 17.1 Å². The molecule has 30 heavy (non-hydrogen) atoms. The molecule has 0 spiro atoms. The molecule has 10 heteroatoms. The van der Waals surface area contributed by atoms with Gasteiger partial charge in [0.1, 0.15) is 19.3 Å². The van der Waals surface area contributed by atoms with Crippen molar-refractivity contribution in [3.63, 3.8) is 0 Å². The van der Waals surface area contributed by atoms with E-state index in [1.54, 1.807) is 37.3 Å². The molecule has 0 aromatic heterocycles. The summed E-state index contributed by atoms with van der Waals surface area (Å²) in [6, 6.07) is 12.5. The van der Waals surface area contributed by atoms with Gasteiger partial charge in [0, 0.05) is 12.3 Å². The lowest BCUT2D eigenvalue weighted by Gasteiger charge is -2.19. The van der Waals surface area contributed by atoms with Crippen molar-refractivity contribution in [2.75, 3.05) is 29.9 Å². The number of fused-ring (bicyclic) bond motifs is 1. The molecule has 0 atom stereocenters. The van der Waals surface area contributed by atoms with Crippen molar-refractivity contribution >= 4 is 27.4 Å². The van der Waals surface area contributed by atoms with Gasteiger partial charge in [0.25, 0.3) is 10.0 Å². The summed E-state index contributed by atoms with van der Waals surface area (Å²) < 4.78 is 43.8. The van der Waals surface area contributed by atoms with E-state index in [0.717, 1.165) is 6.20 Å². The summed E-state index contributed by atoms with van der Waals surface area (Å²) in [6.07, 6.45) is 1.16. The molecule has 3 rings (SSSR count). The quantitative estimate of drug-likeness (QED) is 0.391. The highest BCUT2D eigenvalue weighted by atomic mass is 32.2. The molecule has 0 unspecified atom stereocenters. The van der Waals surface area contributed by atoms with Crippen molar-refractivity contribution in [3.8, 4) is 17.6 Å². The third-order valence-electron chi connectivity index (χ3n) is 3.98. The monoisotopic (exact) mass is 429 g/mol. The summed E-state index contributed by atoms with van der Waals surface area (Å²) in [5.74, 6) is 0.0591. The van der Waals surface area contributed by atoms with Gasteiger partial charge >= 0.3 is 5.97 Å². The second kappa shape index (κ2) is 9.19. The van der Waals surface area contributed by atoms with Crippen LogP contribution < -0.4 is 19.5 Å². The molecule has 0 saturated heterocycles. The number of carbonyl (C=O) groups is 1. The number of rotatable bonds is 7. The fraction of sp³-hybridized carbons (Fsp3) is 0.200. The van der Waals surface area contributed by atoms with Crippen LogP contribution in [-0.2, 0) is 19.6 Å². The van der Waals surface area contributed by atoms with Crippen LogP contribution in [0.3, 0.4) is 0 Å². The molecular weight excluding hydrogens is 410 g/mol. The van der Waals surface area contributed by atoms with E-state index in [1.165, 1.54) is 18.2 Å². The molecule has 0 amide bonds. The Labute approximate surface area is 173 Å². The summed E-state index contributed by atoms with van der Waals surface area (Å²) in [4.78, 5) is 11.7. The summed E-state index contributed by atoms with van der Waals surface area (Å²) in [5, 5.41) is 11.9. The molecule has 0 radical (unpaired) electrons. The number of carbonyl (C=O) groups excluding carboxylic acids is 1. The second-order valence-corrected chi connectivity index (χ2v) is 7.67. The Morgan fingerprint density at radius 3 is 2.57 bits per heavy atom. The number of esters is 1. The minimum Gasteiger partial charge on any atom is -0.486 e. The van der Waals surface area contributed by atoms with E-state index in [4.69, 9.17) is 19.5 Å². The molecule has 2 aromatic rings. The molecule has 2 aromatic carbocycles. The summed E-state index contributed by atoms with van der Waals surface area (Å²) >= 11 is 0. The van der Waals surface area contributed by atoms with E-state index in [0.29, 0.717) is 30.4 Å². The maximum Gasteiger partial charge on any atom is 0.350 e. The maximum absolute atomic E-state index is 12.9. The molecule has 1 aliphatic heterocycles. The van der Waals surface area contributed by atoms with Gasteiger partial charge in [-0.05, 0) is 31.2 Å². The Morgan fingerprint density at radius 1 is 1.17 bits per heavy atom. The predicted molar refractivity (Wildman–Crippen MR) is 109 cm³/mol. The van der Waals surface area contributed by atoms with E-state index in [1.807, 2.05) is 0 Å². The topological polar surface area (TPSA) is 127 Å². The Kier molecular flexibility index (Phi) is 6.44. The number of hydrogen-bond donors (Lipinski definition) is 2. The first-order chi connectivity index (χ1) is 14.4. The predicted octanol–water partition coefficient (Wildman–Crippen LogP) is 2.64. The Hall–Kier alpha value is -3.71. The normalized spacial score (nSPS) is 13.1. The highest BCUT2D eigenvalue weighted by molar-refractivity contribution is 7.92. The highest BCUT2D eigenvalue weighted by Gasteiger charge is 2.20. The lowest BCUT2D eigenvalue weighted by Crippen LogP contribution is -2.17. The van der Waals surface area contributed by atoms with Crippen molar-refractivity contribution in [3.05, 3.63) is 54.2 Å². The van der Waals surface area contributed by atoms with Crippen molar-refractivity contribution in [1.29, 1.82) is 5.26 Å². The first-order valence-corrected chi connectivity index (χ1v) is 10.5. The van der Waals surface area contributed by atoms with Gasteiger partial charge in [-0.25, -0.2) is 13.2 Å². The fourth-order valence-corrected chi connectivity index (χ4v) is 3.68. The average molecular weight is 429 g/mol. The molecule has 1 aliphatic rings. The molecular formula is C20H19N3O6S. The number of benzene rings is 2. The van der Waals surface area contributed by atoms with E-state index in [-0.39, 0.29) is 22.8 Å². The number of nitriles is 1. The molecule has 0 fully saturated rings. The minimum atomic E-state index is -3.94. The van der Waals surface area contributed by atoms with Gasteiger partial charge in [0.05, 0.1) is 22.9 Å². The zero-order chi connectivity index (χ0) is 21.6. The molecule has 9 nitrogen and oxygen atoms in total. The zero-order valence-electron chi connectivity index (χ0n) is 16.0. The molecule has 0 aliphatic carbocycles. The standard InChI is InChI=1S/C20H19N3O6S/c1-2-27-20(24)14(12-21)13-22-16-5-3-4-6-17(16)23-30(25,26)15-7-8-18-19(11-15)29-10-9-28-18/h3-8,11,13,22-23H,2,9-10H2,1H3/b14-13-. The van der Waals surface area contributed by atoms with E-state index in [2.05, 4.69) is 10.0 Å². The molecule has 156 valence electrons. The molecule has 1 heterocycles. The van der Waals surface area contributed by atoms with Crippen LogP contribution in [0.25, 0.3) is 0 Å². The van der Waals surface area contributed by atoms with E-state index >= 15 is 0 Å². The average Bonchev–Trinajstić information content (AvgIpc) is 2.75. The maximum atomic E-state index is 12.9. The number of anilines is 2. The largest absolute Gasteiger partial charge is 0.486 e. The Bertz CT molecular complexity index is 1120. The first-order valence-electron chi connectivity index (χ1n) is 9.00. The van der Waals surface area contributed by atoms with Crippen LogP contribution in [0.1, 0.15) is 6.92 Å². The number of para-hydroxylation sites is 2. The van der Waals surface area contributed by atoms with Crippen LogP contribution in [0.2, 0.25) is 0 Å². The molecule has 0 saturated carbocycles.